The molecule has 0 amide bonds. The van der Waals surface area contributed by atoms with E-state index in [9.17, 15) is 0 Å². The molecule has 0 radical (unpaired) electrons. The summed E-state index contributed by atoms with van der Waals surface area (Å²) in [5.41, 5.74) is 7.56. The lowest BCUT2D eigenvalue weighted by Crippen LogP contribution is -2.04. The first kappa shape index (κ1) is 12.5. The Morgan fingerprint density at radius 1 is 1.17 bits per heavy atom. The van der Waals surface area contributed by atoms with Crippen molar-refractivity contribution in [2.24, 2.45) is 5.73 Å². The van der Waals surface area contributed by atoms with E-state index in [4.69, 9.17) is 16.4 Å². The second-order valence-corrected chi connectivity index (χ2v) is 4.93. The third-order valence-electron chi connectivity index (χ3n) is 2.76. The third-order valence-corrected chi connectivity index (χ3v) is 3.52. The van der Waals surface area contributed by atoms with Gasteiger partial charge in [-0.2, -0.15) is 5.26 Å². The Labute approximate surface area is 110 Å². The minimum absolute atomic E-state index is 0.125. The minimum Gasteiger partial charge on any atom is -0.379 e. The second-order valence-electron chi connectivity index (χ2n) is 3.92. The molecule has 0 atom stereocenters. The molecule has 3 nitrogen and oxygen atoms in total. The molecule has 0 aliphatic carbocycles. The molecule has 0 fully saturated rings. The van der Waals surface area contributed by atoms with Gasteiger partial charge in [-0.15, -0.1) is 0 Å². The van der Waals surface area contributed by atoms with Crippen molar-refractivity contribution < 1.29 is 0 Å². The number of benzene rings is 2. The van der Waals surface area contributed by atoms with Crippen LogP contribution in [0.25, 0.3) is 10.8 Å². The fourth-order valence-electron chi connectivity index (χ4n) is 1.94. The Kier molecular flexibility index (Phi) is 3.85. The van der Waals surface area contributed by atoms with Crippen LogP contribution < -0.4 is 5.73 Å². The van der Waals surface area contributed by atoms with Crippen molar-refractivity contribution in [2.75, 3.05) is 0 Å². The van der Waals surface area contributed by atoms with Crippen LogP contribution in [-0.2, 0) is 12.2 Å². The van der Waals surface area contributed by atoms with Crippen LogP contribution in [0.1, 0.15) is 11.1 Å². The van der Waals surface area contributed by atoms with Crippen molar-refractivity contribution in [1.29, 1.82) is 10.7 Å². The van der Waals surface area contributed by atoms with Gasteiger partial charge in [0.2, 0.25) is 0 Å². The highest BCUT2D eigenvalue weighted by molar-refractivity contribution is 8.13. The second kappa shape index (κ2) is 5.56. The van der Waals surface area contributed by atoms with E-state index in [1.54, 1.807) is 0 Å². The van der Waals surface area contributed by atoms with Gasteiger partial charge >= 0.3 is 0 Å². The van der Waals surface area contributed by atoms with Gasteiger partial charge in [-0.05, 0) is 21.9 Å². The maximum absolute atomic E-state index is 8.83. The highest BCUT2D eigenvalue weighted by Gasteiger charge is 2.06. The molecule has 2 aromatic carbocycles. The molecule has 90 valence electrons. The molecule has 4 heteroatoms. The van der Waals surface area contributed by atoms with Crippen LogP contribution in [0.4, 0.5) is 0 Å². The van der Waals surface area contributed by atoms with Gasteiger partial charge < -0.3 is 5.73 Å². The summed E-state index contributed by atoms with van der Waals surface area (Å²) < 4.78 is 0. The standard InChI is InChI=1S/C14H13N3S/c15-8-7-10-5-6-11(9-18-14(16)17)13-4-2-1-3-12(10)13/h1-6H,7,9H2,(H3,16,17). The molecule has 3 N–H and O–H groups in total. The zero-order valence-electron chi connectivity index (χ0n) is 9.81. The highest BCUT2D eigenvalue weighted by Crippen LogP contribution is 2.26. The summed E-state index contributed by atoms with van der Waals surface area (Å²) in [6.07, 6.45) is 0.417. The molecular formula is C14H13N3S. The van der Waals surface area contributed by atoms with Crippen LogP contribution in [0.5, 0.6) is 0 Å². The van der Waals surface area contributed by atoms with Crippen LogP contribution >= 0.6 is 11.8 Å². The zero-order chi connectivity index (χ0) is 13.0. The fraction of sp³-hybridized carbons (Fsp3) is 0.143. The first-order valence-corrected chi connectivity index (χ1v) is 6.54. The van der Waals surface area contributed by atoms with Crippen LogP contribution in [-0.4, -0.2) is 5.17 Å². The Bertz CT molecular complexity index is 628. The first-order chi connectivity index (χ1) is 8.72. The molecule has 0 heterocycles. The zero-order valence-corrected chi connectivity index (χ0v) is 10.6. The summed E-state index contributed by atoms with van der Waals surface area (Å²) in [6, 6.07) is 14.2. The largest absolute Gasteiger partial charge is 0.379 e. The summed E-state index contributed by atoms with van der Waals surface area (Å²) in [4.78, 5) is 0. The monoisotopic (exact) mass is 255 g/mol. The average Bonchev–Trinajstić information content (AvgIpc) is 2.38. The quantitative estimate of drug-likeness (QED) is 0.654. The van der Waals surface area contributed by atoms with E-state index >= 15 is 0 Å². The van der Waals surface area contributed by atoms with Crippen molar-refractivity contribution >= 4 is 27.7 Å². The Morgan fingerprint density at radius 3 is 2.39 bits per heavy atom. The van der Waals surface area contributed by atoms with Gasteiger partial charge in [0.05, 0.1) is 12.5 Å². The van der Waals surface area contributed by atoms with Crippen LogP contribution in [0, 0.1) is 16.7 Å². The van der Waals surface area contributed by atoms with Gasteiger partial charge in [-0.25, -0.2) is 0 Å². The van der Waals surface area contributed by atoms with Gasteiger partial charge in [-0.3, -0.25) is 5.41 Å². The molecule has 0 aliphatic rings. The van der Waals surface area contributed by atoms with E-state index in [2.05, 4.69) is 6.07 Å². The predicted molar refractivity (Wildman–Crippen MR) is 76.5 cm³/mol. The molecule has 0 spiro atoms. The number of fused-ring (bicyclic) bond motifs is 1. The number of amidine groups is 1. The van der Waals surface area contributed by atoms with Crippen LogP contribution in [0.2, 0.25) is 0 Å². The van der Waals surface area contributed by atoms with Crippen molar-refractivity contribution in [3.8, 4) is 6.07 Å². The summed E-state index contributed by atoms with van der Waals surface area (Å²) in [6.45, 7) is 0. The number of hydrogen-bond acceptors (Lipinski definition) is 3. The first-order valence-electron chi connectivity index (χ1n) is 5.55. The average molecular weight is 255 g/mol. The van der Waals surface area contributed by atoms with Crippen LogP contribution in [0.15, 0.2) is 36.4 Å². The number of nitrogens with two attached hydrogens (primary N) is 1. The molecule has 0 aromatic heterocycles. The summed E-state index contributed by atoms with van der Waals surface area (Å²) >= 11 is 1.31. The molecule has 0 saturated heterocycles. The number of nitrogens with one attached hydrogen (secondary N) is 1. The van der Waals surface area contributed by atoms with Crippen LogP contribution in [0.3, 0.4) is 0 Å². The summed E-state index contributed by atoms with van der Waals surface area (Å²) in [7, 11) is 0. The number of thioether (sulfide) groups is 1. The van der Waals surface area contributed by atoms with Gasteiger partial charge in [0.15, 0.2) is 5.17 Å². The smallest absolute Gasteiger partial charge is 0.151 e. The minimum atomic E-state index is 0.125. The van der Waals surface area contributed by atoms with Gasteiger partial charge in [0.25, 0.3) is 0 Å². The van der Waals surface area contributed by atoms with Gasteiger partial charge in [0.1, 0.15) is 0 Å². The van der Waals surface area contributed by atoms with Crippen molar-refractivity contribution in [2.45, 2.75) is 12.2 Å². The number of hydrogen-bond donors (Lipinski definition) is 2. The van der Waals surface area contributed by atoms with E-state index < -0.39 is 0 Å². The molecule has 2 aromatic rings. The van der Waals surface area contributed by atoms with E-state index in [0.29, 0.717) is 12.2 Å². The maximum atomic E-state index is 8.83. The molecule has 0 saturated carbocycles. The third kappa shape index (κ3) is 2.63. The highest BCUT2D eigenvalue weighted by atomic mass is 32.2. The van der Waals surface area contributed by atoms with Gasteiger partial charge in [0, 0.05) is 5.75 Å². The lowest BCUT2D eigenvalue weighted by Gasteiger charge is -2.09. The maximum Gasteiger partial charge on any atom is 0.151 e. The molecular weight excluding hydrogens is 242 g/mol. The van der Waals surface area contributed by atoms with Crippen molar-refractivity contribution in [1.82, 2.24) is 0 Å². The Hall–Kier alpha value is -1.99. The topological polar surface area (TPSA) is 73.7 Å². The Morgan fingerprint density at radius 2 is 1.78 bits per heavy atom. The molecule has 0 aliphatic heterocycles. The lowest BCUT2D eigenvalue weighted by atomic mass is 9.99. The summed E-state index contributed by atoms with van der Waals surface area (Å²) in [5, 5.41) is 18.5. The van der Waals surface area contributed by atoms with E-state index in [1.165, 1.54) is 11.8 Å². The molecule has 2 rings (SSSR count). The van der Waals surface area contributed by atoms with E-state index in [0.717, 1.165) is 21.9 Å². The lowest BCUT2D eigenvalue weighted by molar-refractivity contribution is 1.28. The van der Waals surface area contributed by atoms with E-state index in [1.807, 2.05) is 36.4 Å². The number of nitrogens with zero attached hydrogens (tertiary/aromatic N) is 1. The normalized spacial score (nSPS) is 10.2. The summed E-state index contributed by atoms with van der Waals surface area (Å²) in [5.74, 6) is 0.683. The van der Waals surface area contributed by atoms with E-state index in [-0.39, 0.29) is 5.17 Å². The fourth-order valence-corrected chi connectivity index (χ4v) is 2.51. The SMILES string of the molecule is N#CCc1ccc(CSC(=N)N)c2ccccc12. The molecule has 0 unspecified atom stereocenters. The molecule has 18 heavy (non-hydrogen) atoms. The number of rotatable bonds is 3. The Balaban J connectivity index is 2.47. The van der Waals surface area contributed by atoms with Crippen molar-refractivity contribution in [3.05, 3.63) is 47.5 Å². The number of nitriles is 1. The van der Waals surface area contributed by atoms with Gasteiger partial charge in [-0.1, -0.05) is 48.2 Å². The molecule has 0 bridgehead atoms. The predicted octanol–water partition coefficient (Wildman–Crippen LogP) is 3.03. The van der Waals surface area contributed by atoms with Crippen molar-refractivity contribution in [3.63, 3.8) is 0 Å².